The summed E-state index contributed by atoms with van der Waals surface area (Å²) in [6.07, 6.45) is 2.48. The maximum absolute atomic E-state index is 5.96. The van der Waals surface area contributed by atoms with E-state index in [0.717, 1.165) is 6.61 Å². The lowest BCUT2D eigenvalue weighted by Gasteiger charge is -2.40. The molecule has 1 fully saturated rings. The predicted octanol–water partition coefficient (Wildman–Crippen LogP) is 1.72. The van der Waals surface area contributed by atoms with Gasteiger partial charge in [0.2, 0.25) is 0 Å². The van der Waals surface area contributed by atoms with Crippen molar-refractivity contribution >= 4 is 0 Å². The molecule has 0 amide bonds. The first kappa shape index (κ1) is 13.9. The lowest BCUT2D eigenvalue weighted by atomic mass is 9.89. The summed E-state index contributed by atoms with van der Waals surface area (Å²) in [5.74, 6) is 1.37. The summed E-state index contributed by atoms with van der Waals surface area (Å²) in [4.78, 5) is 2.58. The van der Waals surface area contributed by atoms with E-state index in [9.17, 15) is 0 Å². The molecule has 0 radical (unpaired) electrons. The number of methoxy groups -OCH3 is 1. The molecule has 2 atom stereocenters. The summed E-state index contributed by atoms with van der Waals surface area (Å²) < 4.78 is 5.33. The van der Waals surface area contributed by atoms with E-state index in [1.54, 1.807) is 7.11 Å². The van der Waals surface area contributed by atoms with E-state index >= 15 is 0 Å². The average molecular weight is 228 g/mol. The standard InChI is InChI=1S/C13H28N2O/c1-10(2)13(9-16-4)15-7-5-12(6-8-15)11(3)14/h10-13H,5-9,14H2,1-4H3. The van der Waals surface area contributed by atoms with Gasteiger partial charge in [-0.2, -0.15) is 0 Å². The number of hydrogen-bond acceptors (Lipinski definition) is 3. The topological polar surface area (TPSA) is 38.5 Å². The van der Waals surface area contributed by atoms with E-state index < -0.39 is 0 Å². The average Bonchev–Trinajstić information content (AvgIpc) is 2.25. The van der Waals surface area contributed by atoms with Crippen LogP contribution in [0, 0.1) is 11.8 Å². The summed E-state index contributed by atoms with van der Waals surface area (Å²) in [5, 5.41) is 0. The minimum atomic E-state index is 0.349. The molecule has 0 aromatic heterocycles. The van der Waals surface area contributed by atoms with Gasteiger partial charge in [0, 0.05) is 19.2 Å². The highest BCUT2D eigenvalue weighted by atomic mass is 16.5. The first-order valence-corrected chi connectivity index (χ1v) is 6.54. The van der Waals surface area contributed by atoms with Crippen molar-refractivity contribution in [2.24, 2.45) is 17.6 Å². The summed E-state index contributed by atoms with van der Waals surface area (Å²) in [5.41, 5.74) is 5.96. The minimum absolute atomic E-state index is 0.349. The lowest BCUT2D eigenvalue weighted by Crippen LogP contribution is -2.48. The van der Waals surface area contributed by atoms with Gasteiger partial charge in [0.25, 0.3) is 0 Å². The third kappa shape index (κ3) is 3.72. The van der Waals surface area contributed by atoms with Gasteiger partial charge in [-0.3, -0.25) is 4.90 Å². The van der Waals surface area contributed by atoms with Gasteiger partial charge in [0.15, 0.2) is 0 Å². The number of piperidine rings is 1. The van der Waals surface area contributed by atoms with Gasteiger partial charge in [-0.1, -0.05) is 13.8 Å². The molecule has 1 heterocycles. The fourth-order valence-corrected chi connectivity index (χ4v) is 2.67. The largest absolute Gasteiger partial charge is 0.383 e. The molecular weight excluding hydrogens is 200 g/mol. The van der Waals surface area contributed by atoms with E-state index in [1.807, 2.05) is 0 Å². The normalized spacial score (nSPS) is 23.6. The molecule has 0 aromatic carbocycles. The third-order valence-electron chi connectivity index (χ3n) is 3.89. The van der Waals surface area contributed by atoms with E-state index in [0.29, 0.717) is 23.9 Å². The van der Waals surface area contributed by atoms with Crippen molar-refractivity contribution in [3.8, 4) is 0 Å². The summed E-state index contributed by atoms with van der Waals surface area (Å²) >= 11 is 0. The Labute approximate surface area is 100 Å². The van der Waals surface area contributed by atoms with Gasteiger partial charge in [-0.05, 0) is 44.7 Å². The molecule has 2 N–H and O–H groups in total. The van der Waals surface area contributed by atoms with Crippen LogP contribution in [0.1, 0.15) is 33.6 Å². The fraction of sp³-hybridized carbons (Fsp3) is 1.00. The van der Waals surface area contributed by atoms with E-state index in [2.05, 4.69) is 25.7 Å². The number of likely N-dealkylation sites (tertiary alicyclic amines) is 1. The smallest absolute Gasteiger partial charge is 0.0620 e. The molecule has 96 valence electrons. The van der Waals surface area contributed by atoms with Crippen molar-refractivity contribution in [2.75, 3.05) is 26.8 Å². The van der Waals surface area contributed by atoms with Crippen molar-refractivity contribution < 1.29 is 4.74 Å². The molecule has 1 aliphatic rings. The maximum atomic E-state index is 5.96. The quantitative estimate of drug-likeness (QED) is 0.778. The Hall–Kier alpha value is -0.120. The molecule has 1 rings (SSSR count). The minimum Gasteiger partial charge on any atom is -0.383 e. The second kappa shape index (κ2) is 6.58. The van der Waals surface area contributed by atoms with Crippen molar-refractivity contribution in [2.45, 2.75) is 45.7 Å². The predicted molar refractivity (Wildman–Crippen MR) is 68.4 cm³/mol. The number of ether oxygens (including phenoxy) is 1. The molecular formula is C13H28N2O. The Bertz CT molecular complexity index is 186. The second-order valence-electron chi connectivity index (χ2n) is 5.50. The van der Waals surface area contributed by atoms with Gasteiger partial charge < -0.3 is 10.5 Å². The van der Waals surface area contributed by atoms with Crippen molar-refractivity contribution in [3.63, 3.8) is 0 Å². The molecule has 0 bridgehead atoms. The van der Waals surface area contributed by atoms with Crippen molar-refractivity contribution in [3.05, 3.63) is 0 Å². The van der Waals surface area contributed by atoms with Crippen LogP contribution < -0.4 is 5.73 Å². The van der Waals surface area contributed by atoms with Crippen LogP contribution in [0.2, 0.25) is 0 Å². The van der Waals surface area contributed by atoms with E-state index in [-0.39, 0.29) is 0 Å². The van der Waals surface area contributed by atoms with Crippen LogP contribution in [0.4, 0.5) is 0 Å². The molecule has 0 spiro atoms. The Morgan fingerprint density at radius 2 is 1.81 bits per heavy atom. The molecule has 3 heteroatoms. The summed E-state index contributed by atoms with van der Waals surface area (Å²) in [6, 6.07) is 0.918. The first-order chi connectivity index (χ1) is 7.56. The highest BCUT2D eigenvalue weighted by molar-refractivity contribution is 4.82. The highest BCUT2D eigenvalue weighted by Gasteiger charge is 2.28. The molecule has 0 aromatic rings. The Morgan fingerprint density at radius 3 is 2.19 bits per heavy atom. The Balaban J connectivity index is 2.44. The van der Waals surface area contributed by atoms with Crippen LogP contribution in [0.5, 0.6) is 0 Å². The number of nitrogens with two attached hydrogens (primary N) is 1. The molecule has 3 nitrogen and oxygen atoms in total. The summed E-state index contributed by atoms with van der Waals surface area (Å²) in [7, 11) is 1.80. The van der Waals surface area contributed by atoms with Crippen LogP contribution in [-0.4, -0.2) is 43.8 Å². The third-order valence-corrected chi connectivity index (χ3v) is 3.89. The zero-order valence-electron chi connectivity index (χ0n) is 11.3. The Morgan fingerprint density at radius 1 is 1.25 bits per heavy atom. The van der Waals surface area contributed by atoms with Crippen molar-refractivity contribution in [1.82, 2.24) is 4.90 Å². The lowest BCUT2D eigenvalue weighted by molar-refractivity contribution is 0.0394. The molecule has 0 aliphatic carbocycles. The van der Waals surface area contributed by atoms with Crippen LogP contribution in [0.25, 0.3) is 0 Å². The van der Waals surface area contributed by atoms with Crippen LogP contribution in [0.15, 0.2) is 0 Å². The van der Waals surface area contributed by atoms with E-state index in [4.69, 9.17) is 10.5 Å². The maximum Gasteiger partial charge on any atom is 0.0620 e. The number of rotatable bonds is 5. The fourth-order valence-electron chi connectivity index (χ4n) is 2.67. The van der Waals surface area contributed by atoms with Gasteiger partial charge in [0.05, 0.1) is 6.61 Å². The SMILES string of the molecule is COCC(C(C)C)N1CCC(C(C)N)CC1. The Kier molecular flexibility index (Phi) is 5.73. The van der Waals surface area contributed by atoms with Gasteiger partial charge in [-0.15, -0.1) is 0 Å². The molecule has 2 unspecified atom stereocenters. The zero-order valence-corrected chi connectivity index (χ0v) is 11.3. The van der Waals surface area contributed by atoms with Crippen molar-refractivity contribution in [1.29, 1.82) is 0 Å². The zero-order chi connectivity index (χ0) is 12.1. The second-order valence-corrected chi connectivity index (χ2v) is 5.50. The molecule has 1 aliphatic heterocycles. The molecule has 0 saturated carbocycles. The van der Waals surface area contributed by atoms with Crippen LogP contribution in [0.3, 0.4) is 0 Å². The monoisotopic (exact) mass is 228 g/mol. The van der Waals surface area contributed by atoms with Gasteiger partial charge in [-0.25, -0.2) is 0 Å². The number of hydrogen-bond donors (Lipinski definition) is 1. The van der Waals surface area contributed by atoms with Crippen LogP contribution in [-0.2, 0) is 4.74 Å². The summed E-state index contributed by atoms with van der Waals surface area (Å²) in [6.45, 7) is 9.90. The van der Waals surface area contributed by atoms with E-state index in [1.165, 1.54) is 25.9 Å². The molecule has 16 heavy (non-hydrogen) atoms. The number of nitrogens with zero attached hydrogens (tertiary/aromatic N) is 1. The van der Waals surface area contributed by atoms with Gasteiger partial charge >= 0.3 is 0 Å². The highest BCUT2D eigenvalue weighted by Crippen LogP contribution is 2.23. The first-order valence-electron chi connectivity index (χ1n) is 6.54. The molecule has 1 saturated heterocycles. The van der Waals surface area contributed by atoms with Crippen LogP contribution >= 0.6 is 0 Å². The van der Waals surface area contributed by atoms with Gasteiger partial charge in [0.1, 0.15) is 0 Å².